The van der Waals surface area contributed by atoms with Gasteiger partial charge in [-0.15, -0.1) is 0 Å². The molecular weight excluding hydrogens is 210 g/mol. The second-order valence-corrected chi connectivity index (χ2v) is 3.18. The molecule has 0 unspecified atom stereocenters. The molecule has 0 fully saturated rings. The van der Waals surface area contributed by atoms with Crippen LogP contribution in [0.15, 0.2) is 35.4 Å². The van der Waals surface area contributed by atoms with Gasteiger partial charge in [-0.2, -0.15) is 10.1 Å². The number of aromatic nitrogens is 3. The SMILES string of the molecule is S=c1nc(N/N=C\c2ccccc2)[nH][nH]1. The van der Waals surface area contributed by atoms with Crippen molar-refractivity contribution in [1.29, 1.82) is 0 Å². The Hall–Kier alpha value is -1.95. The van der Waals surface area contributed by atoms with Gasteiger partial charge in [-0.05, 0) is 17.8 Å². The average molecular weight is 219 g/mol. The number of hydrazone groups is 1. The van der Waals surface area contributed by atoms with Crippen LogP contribution in [0.25, 0.3) is 0 Å². The van der Waals surface area contributed by atoms with Gasteiger partial charge in [0, 0.05) is 0 Å². The van der Waals surface area contributed by atoms with Crippen molar-refractivity contribution in [3.63, 3.8) is 0 Å². The van der Waals surface area contributed by atoms with Crippen molar-refractivity contribution < 1.29 is 0 Å². The van der Waals surface area contributed by atoms with Gasteiger partial charge in [0.25, 0.3) is 0 Å². The molecule has 5 nitrogen and oxygen atoms in total. The lowest BCUT2D eigenvalue weighted by molar-refractivity contribution is 1.07. The van der Waals surface area contributed by atoms with Gasteiger partial charge in [-0.1, -0.05) is 30.3 Å². The Bertz CT molecular complexity index is 498. The molecule has 0 saturated carbocycles. The van der Waals surface area contributed by atoms with Gasteiger partial charge in [0.15, 0.2) is 0 Å². The zero-order valence-corrected chi connectivity index (χ0v) is 8.58. The Morgan fingerprint density at radius 3 is 2.73 bits per heavy atom. The third-order valence-electron chi connectivity index (χ3n) is 1.68. The Labute approximate surface area is 91.2 Å². The Balaban J connectivity index is 1.99. The van der Waals surface area contributed by atoms with Crippen LogP contribution >= 0.6 is 12.2 Å². The molecule has 0 amide bonds. The average Bonchev–Trinajstić information content (AvgIpc) is 2.66. The Morgan fingerprint density at radius 1 is 1.27 bits per heavy atom. The van der Waals surface area contributed by atoms with Gasteiger partial charge >= 0.3 is 0 Å². The molecule has 1 aromatic heterocycles. The first-order chi connectivity index (χ1) is 7.34. The molecule has 0 saturated heterocycles. The summed E-state index contributed by atoms with van der Waals surface area (Å²) >= 11 is 4.79. The first kappa shape index (κ1) is 9.60. The molecule has 0 aliphatic rings. The summed E-state index contributed by atoms with van der Waals surface area (Å²) in [5.74, 6) is 0.493. The highest BCUT2D eigenvalue weighted by atomic mass is 32.1. The van der Waals surface area contributed by atoms with E-state index in [1.807, 2.05) is 30.3 Å². The van der Waals surface area contributed by atoms with Crippen LogP contribution in [0.5, 0.6) is 0 Å². The first-order valence-corrected chi connectivity index (χ1v) is 4.74. The minimum absolute atomic E-state index is 0.396. The summed E-state index contributed by atoms with van der Waals surface area (Å²) in [5, 5.41) is 9.38. The molecule has 0 bridgehead atoms. The van der Waals surface area contributed by atoms with Crippen molar-refractivity contribution >= 4 is 24.4 Å². The topological polar surface area (TPSA) is 68.9 Å². The molecular formula is C9H9N5S. The summed E-state index contributed by atoms with van der Waals surface area (Å²) in [6.07, 6.45) is 1.70. The highest BCUT2D eigenvalue weighted by molar-refractivity contribution is 7.71. The molecule has 0 atom stereocenters. The first-order valence-electron chi connectivity index (χ1n) is 4.33. The Morgan fingerprint density at radius 2 is 2.07 bits per heavy atom. The summed E-state index contributed by atoms with van der Waals surface area (Å²) in [5.41, 5.74) is 3.73. The maximum atomic E-state index is 4.79. The molecule has 2 rings (SSSR count). The van der Waals surface area contributed by atoms with Crippen molar-refractivity contribution in [3.8, 4) is 0 Å². The lowest BCUT2D eigenvalue weighted by Gasteiger charge is -1.92. The second-order valence-electron chi connectivity index (χ2n) is 2.80. The van der Waals surface area contributed by atoms with Crippen molar-refractivity contribution in [2.75, 3.05) is 5.43 Å². The maximum absolute atomic E-state index is 4.79. The van der Waals surface area contributed by atoms with E-state index in [2.05, 4.69) is 25.7 Å². The number of rotatable bonds is 3. The quantitative estimate of drug-likeness (QED) is 0.419. The molecule has 15 heavy (non-hydrogen) atoms. The minimum Gasteiger partial charge on any atom is -0.272 e. The number of benzene rings is 1. The largest absolute Gasteiger partial charge is 0.272 e. The third kappa shape index (κ3) is 2.75. The Kier molecular flexibility index (Phi) is 2.89. The van der Waals surface area contributed by atoms with Gasteiger partial charge in [0.2, 0.25) is 10.7 Å². The summed E-state index contributed by atoms with van der Waals surface area (Å²) in [4.78, 5) is 3.92. The van der Waals surface area contributed by atoms with Crippen molar-refractivity contribution in [3.05, 3.63) is 40.7 Å². The number of aromatic amines is 2. The molecule has 1 heterocycles. The van der Waals surface area contributed by atoms with E-state index in [0.717, 1.165) is 5.56 Å². The standard InChI is InChI=1S/C9H9N5S/c15-9-11-8(13-14-9)12-10-6-7-4-2-1-3-5-7/h1-6H,(H3,11,12,13,14,15)/b10-6-. The number of hydrogen-bond acceptors (Lipinski definition) is 4. The second kappa shape index (κ2) is 4.52. The number of nitrogens with one attached hydrogen (secondary N) is 3. The fourth-order valence-electron chi connectivity index (χ4n) is 1.03. The predicted molar refractivity (Wildman–Crippen MR) is 61.4 cm³/mol. The monoisotopic (exact) mass is 219 g/mol. The van der Waals surface area contributed by atoms with Gasteiger partial charge in [-0.25, -0.2) is 5.43 Å². The van der Waals surface area contributed by atoms with Crippen LogP contribution in [0, 0.1) is 4.77 Å². The number of nitrogens with zero attached hydrogens (tertiary/aromatic N) is 2. The molecule has 0 spiro atoms. The number of H-pyrrole nitrogens is 2. The van der Waals surface area contributed by atoms with Crippen LogP contribution in [-0.2, 0) is 0 Å². The van der Waals surface area contributed by atoms with E-state index in [1.165, 1.54) is 0 Å². The summed E-state index contributed by atoms with van der Waals surface area (Å²) in [6, 6.07) is 9.76. The van der Waals surface area contributed by atoms with Crippen LogP contribution in [-0.4, -0.2) is 21.4 Å². The number of hydrogen-bond donors (Lipinski definition) is 3. The van der Waals surface area contributed by atoms with E-state index in [0.29, 0.717) is 10.7 Å². The lowest BCUT2D eigenvalue weighted by Crippen LogP contribution is -1.92. The number of anilines is 1. The van der Waals surface area contributed by atoms with Crippen LogP contribution in [0.4, 0.5) is 5.95 Å². The molecule has 6 heteroatoms. The normalized spacial score (nSPS) is 10.7. The highest BCUT2D eigenvalue weighted by Crippen LogP contribution is 1.96. The van der Waals surface area contributed by atoms with Gasteiger partial charge in [0.1, 0.15) is 0 Å². The zero-order valence-electron chi connectivity index (χ0n) is 7.77. The van der Waals surface area contributed by atoms with Crippen LogP contribution in [0.3, 0.4) is 0 Å². The van der Waals surface area contributed by atoms with Crippen LogP contribution < -0.4 is 5.43 Å². The maximum Gasteiger partial charge on any atom is 0.238 e. The van der Waals surface area contributed by atoms with Crippen molar-refractivity contribution in [1.82, 2.24) is 15.2 Å². The van der Waals surface area contributed by atoms with Gasteiger partial charge in [-0.3, -0.25) is 10.2 Å². The molecule has 76 valence electrons. The third-order valence-corrected chi connectivity index (χ3v) is 1.88. The van der Waals surface area contributed by atoms with Crippen LogP contribution in [0.2, 0.25) is 0 Å². The fraction of sp³-hybridized carbons (Fsp3) is 0. The highest BCUT2D eigenvalue weighted by Gasteiger charge is 1.90. The minimum atomic E-state index is 0.396. The lowest BCUT2D eigenvalue weighted by atomic mass is 10.2. The van der Waals surface area contributed by atoms with E-state index < -0.39 is 0 Å². The van der Waals surface area contributed by atoms with Gasteiger partial charge < -0.3 is 0 Å². The van der Waals surface area contributed by atoms with E-state index in [-0.39, 0.29) is 0 Å². The molecule has 2 aromatic rings. The molecule has 1 aromatic carbocycles. The van der Waals surface area contributed by atoms with E-state index in [4.69, 9.17) is 12.2 Å². The fourth-order valence-corrected chi connectivity index (χ4v) is 1.17. The van der Waals surface area contributed by atoms with Crippen LogP contribution in [0.1, 0.15) is 5.56 Å². The summed E-state index contributed by atoms with van der Waals surface area (Å²) in [7, 11) is 0. The van der Waals surface area contributed by atoms with E-state index in [1.54, 1.807) is 6.21 Å². The van der Waals surface area contributed by atoms with Gasteiger partial charge in [0.05, 0.1) is 6.21 Å². The van der Waals surface area contributed by atoms with E-state index >= 15 is 0 Å². The van der Waals surface area contributed by atoms with Crippen molar-refractivity contribution in [2.24, 2.45) is 5.10 Å². The summed E-state index contributed by atoms with van der Waals surface area (Å²) < 4.78 is 0.396. The molecule has 0 radical (unpaired) electrons. The summed E-state index contributed by atoms with van der Waals surface area (Å²) in [6.45, 7) is 0. The molecule has 0 aliphatic carbocycles. The zero-order chi connectivity index (χ0) is 10.5. The van der Waals surface area contributed by atoms with Crippen molar-refractivity contribution in [2.45, 2.75) is 0 Å². The van der Waals surface area contributed by atoms with E-state index in [9.17, 15) is 0 Å². The molecule has 3 N–H and O–H groups in total. The smallest absolute Gasteiger partial charge is 0.238 e. The molecule has 0 aliphatic heterocycles. The predicted octanol–water partition coefficient (Wildman–Crippen LogP) is 1.91.